The van der Waals surface area contributed by atoms with Crippen molar-refractivity contribution in [1.29, 1.82) is 0 Å². The average Bonchev–Trinajstić information content (AvgIpc) is 2.38. The van der Waals surface area contributed by atoms with E-state index in [-0.39, 0.29) is 6.42 Å². The van der Waals surface area contributed by atoms with Crippen molar-refractivity contribution in [3.05, 3.63) is 36.0 Å². The Labute approximate surface area is 134 Å². The molecular formula is C16H22F3NO3. The van der Waals surface area contributed by atoms with Gasteiger partial charge in [-0.2, -0.15) is 13.2 Å². The minimum atomic E-state index is -4.42. The molecule has 0 heterocycles. The molecule has 7 heteroatoms. The molecule has 0 fully saturated rings. The summed E-state index contributed by atoms with van der Waals surface area (Å²) in [6.07, 6.45) is -1.26. The highest BCUT2D eigenvalue weighted by Gasteiger charge is 2.29. The lowest BCUT2D eigenvalue weighted by atomic mass is 10.1. The van der Waals surface area contributed by atoms with Crippen LogP contribution in [0.5, 0.6) is 0 Å². The summed E-state index contributed by atoms with van der Waals surface area (Å²) in [5.74, 6) is 0. The Morgan fingerprint density at radius 3 is 2.22 bits per heavy atom. The van der Waals surface area contributed by atoms with E-state index < -0.39 is 29.5 Å². The van der Waals surface area contributed by atoms with E-state index >= 15 is 0 Å². The fraction of sp³-hybridized carbons (Fsp3) is 0.500. The van der Waals surface area contributed by atoms with Crippen LogP contribution in [-0.4, -0.2) is 30.2 Å². The zero-order chi connectivity index (χ0) is 18.3. The molecule has 23 heavy (non-hydrogen) atoms. The van der Waals surface area contributed by atoms with Gasteiger partial charge in [-0.05, 0) is 39.7 Å². The van der Waals surface area contributed by atoms with Gasteiger partial charge in [0.15, 0.2) is 0 Å². The van der Waals surface area contributed by atoms with Gasteiger partial charge in [0.2, 0.25) is 0 Å². The second-order valence-corrected chi connectivity index (χ2v) is 5.89. The molecule has 0 aromatic rings. The molecule has 0 aromatic carbocycles. The van der Waals surface area contributed by atoms with E-state index in [1.807, 2.05) is 0 Å². The molecule has 0 rings (SSSR count). The SMILES string of the molecule is C=C/C(=C\C=C(/C)C(F)(F)F)CC(C=O)NC(=O)OC(C)(C)C. The highest BCUT2D eigenvalue weighted by molar-refractivity contribution is 5.73. The maximum absolute atomic E-state index is 12.4. The van der Waals surface area contributed by atoms with E-state index in [1.165, 1.54) is 12.2 Å². The van der Waals surface area contributed by atoms with Gasteiger partial charge in [-0.3, -0.25) is 0 Å². The predicted octanol–water partition coefficient (Wildman–Crippen LogP) is 4.09. The van der Waals surface area contributed by atoms with Crippen LogP contribution in [0.25, 0.3) is 0 Å². The van der Waals surface area contributed by atoms with Crippen molar-refractivity contribution in [1.82, 2.24) is 5.32 Å². The number of nitrogens with one attached hydrogen (secondary N) is 1. The zero-order valence-electron chi connectivity index (χ0n) is 13.7. The largest absolute Gasteiger partial charge is 0.444 e. The molecule has 0 spiro atoms. The number of alkyl halides is 3. The highest BCUT2D eigenvalue weighted by Crippen LogP contribution is 2.25. The van der Waals surface area contributed by atoms with E-state index in [1.54, 1.807) is 20.8 Å². The first-order valence-electron chi connectivity index (χ1n) is 6.91. The number of carbonyl (C=O) groups excluding carboxylic acids is 2. The van der Waals surface area contributed by atoms with E-state index in [4.69, 9.17) is 4.74 Å². The molecule has 0 aliphatic carbocycles. The summed E-state index contributed by atoms with van der Waals surface area (Å²) in [5.41, 5.74) is -1.12. The van der Waals surface area contributed by atoms with Gasteiger partial charge in [0.1, 0.15) is 11.9 Å². The average molecular weight is 333 g/mol. The lowest BCUT2D eigenvalue weighted by Crippen LogP contribution is -2.40. The fourth-order valence-corrected chi connectivity index (χ4v) is 1.39. The van der Waals surface area contributed by atoms with Crippen LogP contribution in [0.1, 0.15) is 34.1 Å². The van der Waals surface area contributed by atoms with Crippen LogP contribution in [0, 0.1) is 0 Å². The molecule has 0 bridgehead atoms. The summed E-state index contributed by atoms with van der Waals surface area (Å²) in [5, 5.41) is 2.35. The summed E-state index contributed by atoms with van der Waals surface area (Å²) < 4.78 is 42.2. The van der Waals surface area contributed by atoms with Gasteiger partial charge in [0.05, 0.1) is 6.04 Å². The molecular weight excluding hydrogens is 311 g/mol. The first-order valence-corrected chi connectivity index (χ1v) is 6.91. The van der Waals surface area contributed by atoms with Crippen molar-refractivity contribution in [2.45, 2.75) is 51.9 Å². The van der Waals surface area contributed by atoms with Gasteiger partial charge >= 0.3 is 12.3 Å². The Morgan fingerprint density at radius 1 is 1.26 bits per heavy atom. The molecule has 1 atom stereocenters. The van der Waals surface area contributed by atoms with Gasteiger partial charge in [0, 0.05) is 5.57 Å². The van der Waals surface area contributed by atoms with Crippen LogP contribution >= 0.6 is 0 Å². The Kier molecular flexibility index (Phi) is 7.79. The van der Waals surface area contributed by atoms with Crippen molar-refractivity contribution in [3.63, 3.8) is 0 Å². The number of alkyl carbamates (subject to hydrolysis) is 1. The standard InChI is InChI=1S/C16H22F3NO3/c1-6-12(8-7-11(2)16(17,18)19)9-13(10-21)20-14(22)23-15(3,4)5/h6-8,10,13H,1,9H2,2-5H3,(H,20,22)/b11-7+,12-8+. The quantitative estimate of drug-likeness (QED) is 0.588. The predicted molar refractivity (Wildman–Crippen MR) is 81.9 cm³/mol. The molecule has 1 unspecified atom stereocenters. The van der Waals surface area contributed by atoms with Gasteiger partial charge in [-0.15, -0.1) is 0 Å². The number of amides is 1. The maximum Gasteiger partial charge on any atom is 0.412 e. The summed E-state index contributed by atoms with van der Waals surface area (Å²) in [4.78, 5) is 22.6. The topological polar surface area (TPSA) is 55.4 Å². The van der Waals surface area contributed by atoms with E-state index in [0.717, 1.165) is 13.0 Å². The van der Waals surface area contributed by atoms with Crippen LogP contribution in [0.2, 0.25) is 0 Å². The molecule has 0 aromatic heterocycles. The van der Waals surface area contributed by atoms with E-state index in [2.05, 4.69) is 11.9 Å². The van der Waals surface area contributed by atoms with Gasteiger partial charge in [-0.25, -0.2) is 4.79 Å². The normalized spacial score (nSPS) is 14.9. The molecule has 0 radical (unpaired) electrons. The molecule has 1 amide bonds. The van der Waals surface area contributed by atoms with Crippen molar-refractivity contribution in [3.8, 4) is 0 Å². The molecule has 130 valence electrons. The van der Waals surface area contributed by atoms with E-state index in [9.17, 15) is 22.8 Å². The number of hydrogen-bond donors (Lipinski definition) is 1. The van der Waals surface area contributed by atoms with Crippen molar-refractivity contribution in [2.24, 2.45) is 0 Å². The molecule has 0 aliphatic rings. The molecule has 4 nitrogen and oxygen atoms in total. The number of carbonyl (C=O) groups is 2. The lowest BCUT2D eigenvalue weighted by Gasteiger charge is -2.21. The summed E-state index contributed by atoms with van der Waals surface area (Å²) in [6.45, 7) is 9.43. The van der Waals surface area contributed by atoms with Gasteiger partial charge < -0.3 is 14.8 Å². The Hall–Kier alpha value is -2.05. The molecule has 0 aliphatic heterocycles. The number of halogens is 3. The maximum atomic E-state index is 12.4. The minimum absolute atomic E-state index is 0.00782. The lowest BCUT2D eigenvalue weighted by molar-refractivity contribution is -0.109. The Balaban J connectivity index is 4.91. The Morgan fingerprint density at radius 2 is 1.83 bits per heavy atom. The summed E-state index contributed by atoms with van der Waals surface area (Å²) >= 11 is 0. The number of rotatable bonds is 6. The van der Waals surface area contributed by atoms with E-state index in [0.29, 0.717) is 11.9 Å². The number of hydrogen-bond acceptors (Lipinski definition) is 3. The number of ether oxygens (including phenoxy) is 1. The van der Waals surface area contributed by atoms with Gasteiger partial charge in [0.25, 0.3) is 0 Å². The zero-order valence-corrected chi connectivity index (χ0v) is 13.7. The third kappa shape index (κ3) is 9.55. The van der Waals surface area contributed by atoms with Crippen molar-refractivity contribution < 1.29 is 27.5 Å². The second-order valence-electron chi connectivity index (χ2n) is 5.89. The summed E-state index contributed by atoms with van der Waals surface area (Å²) in [6, 6.07) is -0.923. The Bertz CT molecular complexity index is 500. The van der Waals surface area contributed by atoms with Crippen LogP contribution in [0.15, 0.2) is 36.0 Å². The molecule has 0 saturated heterocycles. The third-order valence-corrected chi connectivity index (χ3v) is 2.58. The summed E-state index contributed by atoms with van der Waals surface area (Å²) in [7, 11) is 0. The van der Waals surface area contributed by atoms with Crippen LogP contribution in [0.3, 0.4) is 0 Å². The fourth-order valence-electron chi connectivity index (χ4n) is 1.39. The smallest absolute Gasteiger partial charge is 0.412 e. The van der Waals surface area contributed by atoms with Crippen molar-refractivity contribution >= 4 is 12.4 Å². The minimum Gasteiger partial charge on any atom is -0.444 e. The monoisotopic (exact) mass is 333 g/mol. The molecule has 1 N–H and O–H groups in total. The number of allylic oxidation sites excluding steroid dienone is 4. The van der Waals surface area contributed by atoms with Crippen LogP contribution in [-0.2, 0) is 9.53 Å². The van der Waals surface area contributed by atoms with Gasteiger partial charge in [-0.1, -0.05) is 24.8 Å². The third-order valence-electron chi connectivity index (χ3n) is 2.58. The van der Waals surface area contributed by atoms with Crippen LogP contribution < -0.4 is 5.32 Å². The molecule has 0 saturated carbocycles. The number of aldehydes is 1. The van der Waals surface area contributed by atoms with Crippen molar-refractivity contribution in [2.75, 3.05) is 0 Å². The second kappa shape index (κ2) is 8.55. The first kappa shape index (κ1) is 20.9. The first-order chi connectivity index (χ1) is 10.4. The van der Waals surface area contributed by atoms with Crippen LogP contribution in [0.4, 0.5) is 18.0 Å². The highest BCUT2D eigenvalue weighted by atomic mass is 19.4.